The first-order valence-corrected chi connectivity index (χ1v) is 8.36. The minimum atomic E-state index is -0.486. The summed E-state index contributed by atoms with van der Waals surface area (Å²) in [5.41, 5.74) is -0.0848. The van der Waals surface area contributed by atoms with Crippen LogP contribution in [0.25, 0.3) is 0 Å². The third-order valence-electron chi connectivity index (χ3n) is 4.60. The first-order valence-electron chi connectivity index (χ1n) is 7.98. The number of aromatic nitrogens is 1. The molecule has 2 aliphatic heterocycles. The van der Waals surface area contributed by atoms with Crippen LogP contribution < -0.4 is 4.90 Å². The number of piperidine rings is 1. The van der Waals surface area contributed by atoms with Crippen molar-refractivity contribution < 1.29 is 10.0 Å². The van der Waals surface area contributed by atoms with E-state index in [-0.39, 0.29) is 11.8 Å². The zero-order valence-electron chi connectivity index (χ0n) is 12.9. The third kappa shape index (κ3) is 3.91. The molecule has 3 heterocycles. The molecule has 0 saturated carbocycles. The number of likely N-dealkylation sites (tertiary alicyclic amines) is 1. The van der Waals surface area contributed by atoms with E-state index < -0.39 is 4.92 Å². The Hall–Kier alpha value is -1.44. The Labute approximate surface area is 140 Å². The third-order valence-corrected chi connectivity index (χ3v) is 4.88. The summed E-state index contributed by atoms with van der Waals surface area (Å²) in [6.07, 6.45) is 4.12. The Bertz CT molecular complexity index is 586. The number of halogens is 1. The van der Waals surface area contributed by atoms with Gasteiger partial charge < -0.3 is 14.9 Å². The lowest BCUT2D eigenvalue weighted by Gasteiger charge is -2.35. The second-order valence-corrected chi connectivity index (χ2v) is 6.82. The van der Waals surface area contributed by atoms with Gasteiger partial charge in [-0.15, -0.1) is 0 Å². The molecule has 0 unspecified atom stereocenters. The Balaban J connectivity index is 1.65. The quantitative estimate of drug-likeness (QED) is 0.666. The highest BCUT2D eigenvalue weighted by molar-refractivity contribution is 6.33. The van der Waals surface area contributed by atoms with Gasteiger partial charge in [-0.25, -0.2) is 4.98 Å². The molecular weight excluding hydrogens is 320 g/mol. The van der Waals surface area contributed by atoms with Gasteiger partial charge in [-0.2, -0.15) is 0 Å². The number of β-amino-alcohol motifs (C(OH)–C–C–N with tert-alkyl or cyclic N) is 1. The van der Waals surface area contributed by atoms with E-state index in [0.29, 0.717) is 16.8 Å². The summed E-state index contributed by atoms with van der Waals surface area (Å²) in [6, 6.07) is 1.37. The van der Waals surface area contributed by atoms with Crippen LogP contribution in [0.5, 0.6) is 0 Å². The molecule has 7 nitrogen and oxygen atoms in total. The van der Waals surface area contributed by atoms with Gasteiger partial charge in [0, 0.05) is 38.8 Å². The molecule has 0 amide bonds. The number of hydrogen-bond acceptors (Lipinski definition) is 6. The number of pyridine rings is 1. The van der Waals surface area contributed by atoms with E-state index in [0.717, 1.165) is 52.0 Å². The van der Waals surface area contributed by atoms with Crippen molar-refractivity contribution in [3.63, 3.8) is 0 Å². The maximum atomic E-state index is 10.8. The van der Waals surface area contributed by atoms with Crippen molar-refractivity contribution in [1.29, 1.82) is 0 Å². The summed E-state index contributed by atoms with van der Waals surface area (Å²) in [5, 5.41) is 20.7. The number of aliphatic hydroxyl groups excluding tert-OH is 1. The topological polar surface area (TPSA) is 82.7 Å². The predicted octanol–water partition coefficient (Wildman–Crippen LogP) is 1.93. The van der Waals surface area contributed by atoms with Crippen molar-refractivity contribution >= 4 is 23.1 Å². The summed E-state index contributed by atoms with van der Waals surface area (Å²) in [4.78, 5) is 18.9. The molecule has 0 aromatic carbocycles. The SMILES string of the molecule is O=[N+]([O-])c1cnc(N2CCC[C@@H](CN3CC[C@@H](O)C3)C2)c(Cl)c1. The van der Waals surface area contributed by atoms with Crippen LogP contribution in [0, 0.1) is 16.0 Å². The lowest BCUT2D eigenvalue weighted by molar-refractivity contribution is -0.385. The number of anilines is 1. The molecule has 2 atom stereocenters. The highest BCUT2D eigenvalue weighted by atomic mass is 35.5. The smallest absolute Gasteiger partial charge is 0.289 e. The van der Waals surface area contributed by atoms with Crippen LogP contribution >= 0.6 is 11.6 Å². The fourth-order valence-electron chi connectivity index (χ4n) is 3.50. The van der Waals surface area contributed by atoms with Crippen LogP contribution in [0.3, 0.4) is 0 Å². The van der Waals surface area contributed by atoms with E-state index in [1.165, 1.54) is 12.3 Å². The Morgan fingerprint density at radius 3 is 2.87 bits per heavy atom. The van der Waals surface area contributed by atoms with Gasteiger partial charge in [-0.05, 0) is 25.2 Å². The summed E-state index contributed by atoms with van der Waals surface area (Å²) < 4.78 is 0. The molecule has 2 fully saturated rings. The van der Waals surface area contributed by atoms with E-state index >= 15 is 0 Å². The fourth-order valence-corrected chi connectivity index (χ4v) is 3.78. The van der Waals surface area contributed by atoms with Gasteiger partial charge in [0.25, 0.3) is 5.69 Å². The van der Waals surface area contributed by atoms with Gasteiger partial charge >= 0.3 is 0 Å². The van der Waals surface area contributed by atoms with Crippen LogP contribution in [0.2, 0.25) is 5.02 Å². The van der Waals surface area contributed by atoms with Crippen molar-refractivity contribution in [1.82, 2.24) is 9.88 Å². The van der Waals surface area contributed by atoms with Gasteiger partial charge in [0.05, 0.1) is 16.0 Å². The molecule has 23 heavy (non-hydrogen) atoms. The van der Waals surface area contributed by atoms with Gasteiger partial charge in [0.1, 0.15) is 12.0 Å². The largest absolute Gasteiger partial charge is 0.392 e. The second-order valence-electron chi connectivity index (χ2n) is 6.41. The zero-order chi connectivity index (χ0) is 16.4. The molecule has 0 spiro atoms. The molecular formula is C15H21ClN4O3. The summed E-state index contributed by atoms with van der Waals surface area (Å²) in [7, 11) is 0. The predicted molar refractivity (Wildman–Crippen MR) is 87.9 cm³/mol. The average Bonchev–Trinajstić information content (AvgIpc) is 2.92. The minimum absolute atomic E-state index is 0.0848. The molecule has 2 saturated heterocycles. The van der Waals surface area contributed by atoms with E-state index in [2.05, 4.69) is 14.8 Å². The van der Waals surface area contributed by atoms with Gasteiger partial charge in [0.15, 0.2) is 0 Å². The van der Waals surface area contributed by atoms with Crippen molar-refractivity contribution in [2.75, 3.05) is 37.6 Å². The average molecular weight is 341 g/mol. The zero-order valence-corrected chi connectivity index (χ0v) is 13.7. The maximum Gasteiger partial charge on any atom is 0.289 e. The van der Waals surface area contributed by atoms with Crippen LogP contribution in [-0.2, 0) is 0 Å². The number of hydrogen-bond donors (Lipinski definition) is 1. The van der Waals surface area contributed by atoms with E-state index in [4.69, 9.17) is 11.6 Å². The van der Waals surface area contributed by atoms with Crippen LogP contribution in [0.4, 0.5) is 11.5 Å². The number of nitro groups is 1. The molecule has 1 aromatic rings. The fraction of sp³-hybridized carbons (Fsp3) is 0.667. The monoisotopic (exact) mass is 340 g/mol. The van der Waals surface area contributed by atoms with Gasteiger partial charge in [-0.3, -0.25) is 10.1 Å². The number of rotatable bonds is 4. The molecule has 1 aromatic heterocycles. The molecule has 8 heteroatoms. The van der Waals surface area contributed by atoms with Crippen molar-refractivity contribution in [2.45, 2.75) is 25.4 Å². The standard InChI is InChI=1S/C15H21ClN4O3/c16-14-6-12(20(22)23)7-17-15(14)19-4-1-2-11(9-19)8-18-5-3-13(21)10-18/h6-7,11,13,21H,1-5,8-10H2/t11-,13+/m0/s1. The minimum Gasteiger partial charge on any atom is -0.392 e. The number of aliphatic hydroxyl groups is 1. The molecule has 2 aliphatic rings. The maximum absolute atomic E-state index is 10.8. The molecule has 3 rings (SSSR count). The highest BCUT2D eigenvalue weighted by Crippen LogP contribution is 2.30. The first-order chi connectivity index (χ1) is 11.0. The molecule has 0 bridgehead atoms. The van der Waals surface area contributed by atoms with Crippen LogP contribution in [0.15, 0.2) is 12.3 Å². The lowest BCUT2D eigenvalue weighted by Crippen LogP contribution is -2.41. The normalized spacial score (nSPS) is 25.7. The first kappa shape index (κ1) is 16.4. The Morgan fingerprint density at radius 1 is 1.39 bits per heavy atom. The summed E-state index contributed by atoms with van der Waals surface area (Å²) in [6.45, 7) is 4.39. The Morgan fingerprint density at radius 2 is 2.22 bits per heavy atom. The molecule has 1 N–H and O–H groups in total. The lowest BCUT2D eigenvalue weighted by atomic mass is 9.97. The van der Waals surface area contributed by atoms with Crippen LogP contribution in [0.1, 0.15) is 19.3 Å². The summed E-state index contributed by atoms with van der Waals surface area (Å²) in [5.74, 6) is 1.13. The summed E-state index contributed by atoms with van der Waals surface area (Å²) >= 11 is 6.19. The Kier molecular flexibility index (Phi) is 4.99. The van der Waals surface area contributed by atoms with Crippen molar-refractivity contribution in [2.24, 2.45) is 5.92 Å². The van der Waals surface area contributed by atoms with Gasteiger partial charge in [0.2, 0.25) is 0 Å². The molecule has 0 aliphatic carbocycles. The van der Waals surface area contributed by atoms with Crippen LogP contribution in [-0.4, -0.2) is 58.7 Å². The van der Waals surface area contributed by atoms with Crippen molar-refractivity contribution in [3.05, 3.63) is 27.4 Å². The van der Waals surface area contributed by atoms with Crippen molar-refractivity contribution in [3.8, 4) is 0 Å². The highest BCUT2D eigenvalue weighted by Gasteiger charge is 2.27. The number of nitrogens with zero attached hydrogens (tertiary/aromatic N) is 4. The second kappa shape index (κ2) is 6.98. The van der Waals surface area contributed by atoms with E-state index in [1.807, 2.05) is 0 Å². The molecule has 0 radical (unpaired) electrons. The van der Waals surface area contributed by atoms with E-state index in [9.17, 15) is 15.2 Å². The van der Waals surface area contributed by atoms with E-state index in [1.54, 1.807) is 0 Å². The molecule has 126 valence electrons. The van der Waals surface area contributed by atoms with Gasteiger partial charge in [-0.1, -0.05) is 11.6 Å².